The van der Waals surface area contributed by atoms with Gasteiger partial charge in [0, 0.05) is 12.1 Å². The Kier molecular flexibility index (Phi) is 2.40. The predicted molar refractivity (Wildman–Crippen MR) is 48.3 cm³/mol. The average Bonchev–Trinajstić information content (AvgIpc) is 2.53. The summed E-state index contributed by atoms with van der Waals surface area (Å²) in [7, 11) is 0. The fourth-order valence-electron chi connectivity index (χ4n) is 2.15. The zero-order valence-electron chi connectivity index (χ0n) is 7.74. The summed E-state index contributed by atoms with van der Waals surface area (Å²) in [6, 6.07) is 0.727. The highest BCUT2D eigenvalue weighted by Crippen LogP contribution is 2.24. The first-order valence-corrected chi connectivity index (χ1v) is 4.96. The summed E-state index contributed by atoms with van der Waals surface area (Å²) in [5.41, 5.74) is 5.80. The van der Waals surface area contributed by atoms with Crippen LogP contribution in [-0.4, -0.2) is 36.2 Å². The van der Waals surface area contributed by atoms with Crippen LogP contribution in [0.3, 0.4) is 0 Å². The van der Waals surface area contributed by atoms with Crippen molar-refractivity contribution >= 4 is 6.09 Å². The highest BCUT2D eigenvalue weighted by Gasteiger charge is 2.31. The van der Waals surface area contributed by atoms with E-state index in [4.69, 9.17) is 10.5 Å². The standard InChI is InChI=1S/C9H16N2O2/c10-7-1-3-8(4-2-7)11-5-6-13-9(11)12/h7-8H,1-6,10H2. The molecular formula is C9H16N2O2. The van der Waals surface area contributed by atoms with Gasteiger partial charge < -0.3 is 15.4 Å². The van der Waals surface area contributed by atoms with E-state index in [1.807, 2.05) is 4.90 Å². The van der Waals surface area contributed by atoms with E-state index in [2.05, 4.69) is 0 Å². The number of nitrogens with two attached hydrogens (primary N) is 1. The molecule has 2 rings (SSSR count). The second-order valence-corrected chi connectivity index (χ2v) is 3.88. The summed E-state index contributed by atoms with van der Waals surface area (Å²) in [4.78, 5) is 13.1. The molecule has 4 heteroatoms. The van der Waals surface area contributed by atoms with Gasteiger partial charge in [-0.3, -0.25) is 0 Å². The van der Waals surface area contributed by atoms with Gasteiger partial charge in [0.2, 0.25) is 0 Å². The van der Waals surface area contributed by atoms with Crippen molar-refractivity contribution < 1.29 is 9.53 Å². The Bertz CT molecular complexity index is 200. The number of nitrogens with zero attached hydrogens (tertiary/aromatic N) is 1. The number of cyclic esters (lactones) is 1. The van der Waals surface area contributed by atoms with Crippen molar-refractivity contribution in [1.29, 1.82) is 0 Å². The molecule has 1 saturated heterocycles. The fraction of sp³-hybridized carbons (Fsp3) is 0.889. The van der Waals surface area contributed by atoms with Crippen LogP contribution in [0, 0.1) is 0 Å². The molecular weight excluding hydrogens is 168 g/mol. The molecule has 0 aromatic rings. The minimum Gasteiger partial charge on any atom is -0.448 e. The average molecular weight is 184 g/mol. The number of ether oxygens (including phenoxy) is 1. The smallest absolute Gasteiger partial charge is 0.410 e. The van der Waals surface area contributed by atoms with Gasteiger partial charge in [-0.2, -0.15) is 0 Å². The van der Waals surface area contributed by atoms with Crippen molar-refractivity contribution in [2.45, 2.75) is 37.8 Å². The quantitative estimate of drug-likeness (QED) is 0.653. The van der Waals surface area contributed by atoms with E-state index >= 15 is 0 Å². The number of hydrogen-bond acceptors (Lipinski definition) is 3. The largest absolute Gasteiger partial charge is 0.448 e. The van der Waals surface area contributed by atoms with Crippen LogP contribution >= 0.6 is 0 Å². The molecule has 0 aromatic heterocycles. The van der Waals surface area contributed by atoms with Gasteiger partial charge in [-0.05, 0) is 25.7 Å². The molecule has 2 fully saturated rings. The van der Waals surface area contributed by atoms with Gasteiger partial charge in [-0.15, -0.1) is 0 Å². The van der Waals surface area contributed by atoms with Crippen LogP contribution in [0.25, 0.3) is 0 Å². The number of rotatable bonds is 1. The van der Waals surface area contributed by atoms with Crippen LogP contribution in [0.15, 0.2) is 0 Å². The van der Waals surface area contributed by atoms with Crippen molar-refractivity contribution in [1.82, 2.24) is 4.90 Å². The monoisotopic (exact) mass is 184 g/mol. The third-order valence-corrected chi connectivity index (χ3v) is 2.97. The van der Waals surface area contributed by atoms with Gasteiger partial charge in [0.1, 0.15) is 6.61 Å². The molecule has 1 aliphatic heterocycles. The van der Waals surface area contributed by atoms with Crippen LogP contribution < -0.4 is 5.73 Å². The Balaban J connectivity index is 1.90. The Labute approximate surface area is 78.0 Å². The Morgan fingerprint density at radius 2 is 2.00 bits per heavy atom. The molecule has 2 N–H and O–H groups in total. The summed E-state index contributed by atoms with van der Waals surface area (Å²) in [5, 5.41) is 0. The van der Waals surface area contributed by atoms with Crippen molar-refractivity contribution in [2.24, 2.45) is 5.73 Å². The fourth-order valence-corrected chi connectivity index (χ4v) is 2.15. The number of carbonyl (C=O) groups excluding carboxylic acids is 1. The molecule has 1 heterocycles. The topological polar surface area (TPSA) is 55.6 Å². The Morgan fingerprint density at radius 1 is 1.31 bits per heavy atom. The van der Waals surface area contributed by atoms with Gasteiger partial charge in [-0.1, -0.05) is 0 Å². The highest BCUT2D eigenvalue weighted by atomic mass is 16.6. The summed E-state index contributed by atoms with van der Waals surface area (Å²) in [6.07, 6.45) is 4.01. The van der Waals surface area contributed by atoms with Crippen LogP contribution in [0.5, 0.6) is 0 Å². The molecule has 1 saturated carbocycles. The lowest BCUT2D eigenvalue weighted by Crippen LogP contribution is -2.41. The maximum absolute atomic E-state index is 11.2. The maximum Gasteiger partial charge on any atom is 0.410 e. The molecule has 0 unspecified atom stereocenters. The second-order valence-electron chi connectivity index (χ2n) is 3.88. The zero-order valence-corrected chi connectivity index (χ0v) is 7.74. The molecule has 13 heavy (non-hydrogen) atoms. The molecule has 0 atom stereocenters. The van der Waals surface area contributed by atoms with E-state index in [0.717, 1.165) is 32.2 Å². The third kappa shape index (κ3) is 1.77. The predicted octanol–water partition coefficient (Wildman–Crippen LogP) is 0.708. The maximum atomic E-state index is 11.2. The van der Waals surface area contributed by atoms with Crippen molar-refractivity contribution in [3.05, 3.63) is 0 Å². The lowest BCUT2D eigenvalue weighted by molar-refractivity contribution is 0.137. The van der Waals surface area contributed by atoms with Crippen molar-refractivity contribution in [2.75, 3.05) is 13.2 Å². The van der Waals surface area contributed by atoms with Crippen LogP contribution in [-0.2, 0) is 4.74 Å². The molecule has 4 nitrogen and oxygen atoms in total. The lowest BCUT2D eigenvalue weighted by atomic mass is 9.91. The first-order valence-electron chi connectivity index (χ1n) is 4.96. The number of carbonyl (C=O) groups is 1. The van der Waals surface area contributed by atoms with Crippen molar-refractivity contribution in [3.8, 4) is 0 Å². The molecule has 0 aromatic carbocycles. The lowest BCUT2D eigenvalue weighted by Gasteiger charge is -2.31. The molecule has 1 amide bonds. The number of amides is 1. The van der Waals surface area contributed by atoms with Crippen LogP contribution in [0.2, 0.25) is 0 Å². The molecule has 1 aliphatic carbocycles. The van der Waals surface area contributed by atoms with Crippen LogP contribution in [0.4, 0.5) is 4.79 Å². The van der Waals surface area contributed by atoms with Gasteiger partial charge >= 0.3 is 6.09 Å². The molecule has 0 radical (unpaired) electrons. The normalized spacial score (nSPS) is 34.8. The Morgan fingerprint density at radius 3 is 2.54 bits per heavy atom. The molecule has 74 valence electrons. The van der Waals surface area contributed by atoms with Crippen LogP contribution in [0.1, 0.15) is 25.7 Å². The molecule has 2 aliphatic rings. The van der Waals surface area contributed by atoms with Gasteiger partial charge in [-0.25, -0.2) is 4.79 Å². The summed E-state index contributed by atoms with van der Waals surface area (Å²) in [6.45, 7) is 1.32. The van der Waals surface area contributed by atoms with E-state index < -0.39 is 0 Å². The van der Waals surface area contributed by atoms with Gasteiger partial charge in [0.15, 0.2) is 0 Å². The summed E-state index contributed by atoms with van der Waals surface area (Å²) in [5.74, 6) is 0. The van der Waals surface area contributed by atoms with E-state index in [9.17, 15) is 4.79 Å². The number of hydrogen-bond donors (Lipinski definition) is 1. The van der Waals surface area contributed by atoms with Crippen molar-refractivity contribution in [3.63, 3.8) is 0 Å². The minimum absolute atomic E-state index is 0.138. The van der Waals surface area contributed by atoms with E-state index in [0.29, 0.717) is 18.7 Å². The van der Waals surface area contributed by atoms with E-state index in [1.54, 1.807) is 0 Å². The highest BCUT2D eigenvalue weighted by molar-refractivity contribution is 5.69. The Hall–Kier alpha value is -0.770. The van der Waals surface area contributed by atoms with E-state index in [1.165, 1.54) is 0 Å². The molecule has 0 spiro atoms. The van der Waals surface area contributed by atoms with E-state index in [-0.39, 0.29) is 6.09 Å². The third-order valence-electron chi connectivity index (χ3n) is 2.97. The SMILES string of the molecule is NC1CCC(N2CCOC2=O)CC1. The zero-order chi connectivity index (χ0) is 9.26. The molecule has 0 bridgehead atoms. The minimum atomic E-state index is -0.138. The van der Waals surface area contributed by atoms with Gasteiger partial charge in [0.05, 0.1) is 6.54 Å². The first-order chi connectivity index (χ1) is 6.27. The second kappa shape index (κ2) is 3.54. The summed E-state index contributed by atoms with van der Waals surface area (Å²) >= 11 is 0. The summed E-state index contributed by atoms with van der Waals surface area (Å²) < 4.78 is 4.90. The van der Waals surface area contributed by atoms with Gasteiger partial charge in [0.25, 0.3) is 0 Å². The first kappa shape index (κ1) is 8.81.